The molecule has 0 aliphatic carbocycles. The fraction of sp³-hybridized carbons (Fsp3) is 0.333. The first kappa shape index (κ1) is 11.7. The van der Waals surface area contributed by atoms with Crippen LogP contribution in [-0.2, 0) is 4.79 Å². The maximum atomic E-state index is 12.2. The highest BCUT2D eigenvalue weighted by Gasteiger charge is 2.42. The van der Waals surface area contributed by atoms with Crippen molar-refractivity contribution in [3.05, 3.63) is 28.7 Å². The van der Waals surface area contributed by atoms with Crippen LogP contribution in [0.3, 0.4) is 0 Å². The number of hydrogen-bond acceptors (Lipinski definition) is 3. The molecule has 6 heteroatoms. The van der Waals surface area contributed by atoms with E-state index >= 15 is 0 Å². The zero-order chi connectivity index (χ0) is 12.7. The Morgan fingerprint density at radius 2 is 1.83 bits per heavy atom. The van der Waals surface area contributed by atoms with Crippen molar-refractivity contribution in [2.45, 2.75) is 12.8 Å². The van der Waals surface area contributed by atoms with E-state index in [-0.39, 0.29) is 11.9 Å². The number of fused-ring (bicyclic) bond motifs is 1. The van der Waals surface area contributed by atoms with Crippen molar-refractivity contribution in [2.24, 2.45) is 0 Å². The standard InChI is InChI=1S/C12H12BrN3O2/c13-9-3-5-10(6-4-9)15-8-14-7-1-2-11(17)16(14)12(15)18/h3-6H,1-2,7-8H2. The van der Waals surface area contributed by atoms with Crippen molar-refractivity contribution < 1.29 is 9.59 Å². The van der Waals surface area contributed by atoms with Gasteiger partial charge in [0.15, 0.2) is 0 Å². The van der Waals surface area contributed by atoms with Gasteiger partial charge in [-0.2, -0.15) is 10.0 Å². The summed E-state index contributed by atoms with van der Waals surface area (Å²) in [7, 11) is 0. The van der Waals surface area contributed by atoms with Crippen molar-refractivity contribution in [1.82, 2.24) is 10.0 Å². The largest absolute Gasteiger partial charge is 0.347 e. The van der Waals surface area contributed by atoms with Crippen LogP contribution < -0.4 is 4.90 Å². The monoisotopic (exact) mass is 309 g/mol. The summed E-state index contributed by atoms with van der Waals surface area (Å²) >= 11 is 3.36. The van der Waals surface area contributed by atoms with Gasteiger partial charge in [0.05, 0.1) is 6.67 Å². The minimum Gasteiger partial charge on any atom is -0.278 e. The Labute approximate surface area is 113 Å². The number of hydrazine groups is 1. The maximum Gasteiger partial charge on any atom is 0.347 e. The van der Waals surface area contributed by atoms with Crippen LogP contribution in [0.15, 0.2) is 28.7 Å². The lowest BCUT2D eigenvalue weighted by molar-refractivity contribution is -0.142. The molecule has 0 atom stereocenters. The molecule has 0 saturated carbocycles. The number of benzene rings is 1. The summed E-state index contributed by atoms with van der Waals surface area (Å²) in [5, 5.41) is 3.07. The second-order valence-corrected chi connectivity index (χ2v) is 5.28. The molecule has 18 heavy (non-hydrogen) atoms. The third-order valence-electron chi connectivity index (χ3n) is 3.18. The second-order valence-electron chi connectivity index (χ2n) is 4.37. The summed E-state index contributed by atoms with van der Waals surface area (Å²) in [6, 6.07) is 7.26. The van der Waals surface area contributed by atoms with Crippen LogP contribution in [0.1, 0.15) is 12.8 Å². The molecule has 2 aliphatic rings. The topological polar surface area (TPSA) is 43.9 Å². The van der Waals surface area contributed by atoms with Gasteiger partial charge in [-0.05, 0) is 30.7 Å². The number of rotatable bonds is 1. The van der Waals surface area contributed by atoms with E-state index in [4.69, 9.17) is 0 Å². The van der Waals surface area contributed by atoms with E-state index in [0.29, 0.717) is 13.1 Å². The molecule has 94 valence electrons. The van der Waals surface area contributed by atoms with Crippen molar-refractivity contribution in [3.63, 3.8) is 0 Å². The first-order valence-electron chi connectivity index (χ1n) is 5.82. The Balaban J connectivity index is 1.89. The molecule has 2 aliphatic heterocycles. The summed E-state index contributed by atoms with van der Waals surface area (Å²) in [6.45, 7) is 1.21. The number of anilines is 1. The summed E-state index contributed by atoms with van der Waals surface area (Å²) in [5.74, 6) is -0.106. The molecule has 2 saturated heterocycles. The number of hydrogen-bond donors (Lipinski definition) is 0. The minimum atomic E-state index is -0.248. The number of nitrogens with zero attached hydrogens (tertiary/aromatic N) is 3. The van der Waals surface area contributed by atoms with Gasteiger partial charge in [-0.25, -0.2) is 4.79 Å². The summed E-state index contributed by atoms with van der Waals surface area (Å²) in [6.07, 6.45) is 1.27. The Kier molecular flexibility index (Phi) is 2.83. The van der Waals surface area contributed by atoms with E-state index in [1.54, 1.807) is 9.91 Å². The van der Waals surface area contributed by atoms with E-state index in [2.05, 4.69) is 15.9 Å². The van der Waals surface area contributed by atoms with Gasteiger partial charge in [0, 0.05) is 23.1 Å². The minimum absolute atomic E-state index is 0.106. The maximum absolute atomic E-state index is 12.2. The van der Waals surface area contributed by atoms with Crippen molar-refractivity contribution in [2.75, 3.05) is 18.1 Å². The van der Waals surface area contributed by atoms with E-state index < -0.39 is 0 Å². The van der Waals surface area contributed by atoms with Crippen LogP contribution in [0, 0.1) is 0 Å². The molecule has 1 aromatic rings. The number of carbonyl (C=O) groups excluding carboxylic acids is 2. The van der Waals surface area contributed by atoms with Gasteiger partial charge in [0.1, 0.15) is 0 Å². The van der Waals surface area contributed by atoms with Crippen molar-refractivity contribution in [1.29, 1.82) is 0 Å². The molecule has 0 aromatic heterocycles. The van der Waals surface area contributed by atoms with Gasteiger partial charge >= 0.3 is 6.03 Å². The molecule has 3 amide bonds. The third-order valence-corrected chi connectivity index (χ3v) is 3.71. The number of imide groups is 1. The molecule has 0 N–H and O–H groups in total. The van der Waals surface area contributed by atoms with E-state index in [9.17, 15) is 9.59 Å². The third kappa shape index (κ3) is 1.81. The van der Waals surface area contributed by atoms with Crippen LogP contribution in [0.5, 0.6) is 0 Å². The van der Waals surface area contributed by atoms with E-state index in [1.165, 1.54) is 5.01 Å². The van der Waals surface area contributed by atoms with Crippen LogP contribution in [0.25, 0.3) is 0 Å². The summed E-state index contributed by atoms with van der Waals surface area (Å²) in [5.41, 5.74) is 0.811. The average molecular weight is 310 g/mol. The zero-order valence-corrected chi connectivity index (χ0v) is 11.3. The van der Waals surface area contributed by atoms with E-state index in [1.807, 2.05) is 24.3 Å². The predicted molar refractivity (Wildman–Crippen MR) is 69.7 cm³/mol. The lowest BCUT2D eigenvalue weighted by atomic mass is 10.2. The number of carbonyl (C=O) groups is 2. The summed E-state index contributed by atoms with van der Waals surface area (Å²) in [4.78, 5) is 25.6. The van der Waals surface area contributed by atoms with Gasteiger partial charge < -0.3 is 0 Å². The normalized spacial score (nSPS) is 20.5. The molecule has 0 spiro atoms. The molecule has 5 nitrogen and oxygen atoms in total. The van der Waals surface area contributed by atoms with Crippen LogP contribution in [-0.4, -0.2) is 35.2 Å². The Morgan fingerprint density at radius 3 is 2.50 bits per heavy atom. The highest BCUT2D eigenvalue weighted by Crippen LogP contribution is 2.27. The van der Waals surface area contributed by atoms with Gasteiger partial charge in [-0.15, -0.1) is 0 Å². The molecule has 3 rings (SSSR count). The number of amides is 3. The van der Waals surface area contributed by atoms with Gasteiger partial charge in [0.2, 0.25) is 5.91 Å². The Morgan fingerprint density at radius 1 is 1.11 bits per heavy atom. The molecule has 0 bridgehead atoms. The molecule has 1 aromatic carbocycles. The molecule has 0 radical (unpaired) electrons. The van der Waals surface area contributed by atoms with Gasteiger partial charge in [-0.1, -0.05) is 15.9 Å². The zero-order valence-electron chi connectivity index (χ0n) is 9.67. The van der Waals surface area contributed by atoms with E-state index in [0.717, 1.165) is 23.1 Å². The molecule has 2 fully saturated rings. The highest BCUT2D eigenvalue weighted by molar-refractivity contribution is 9.10. The first-order valence-corrected chi connectivity index (χ1v) is 6.61. The quantitative estimate of drug-likeness (QED) is 0.798. The Bertz CT molecular complexity index is 503. The average Bonchev–Trinajstić information content (AvgIpc) is 2.69. The Hall–Kier alpha value is -1.40. The molecule has 2 heterocycles. The van der Waals surface area contributed by atoms with Gasteiger partial charge in [0.25, 0.3) is 0 Å². The molecule has 0 unspecified atom stereocenters. The number of urea groups is 1. The van der Waals surface area contributed by atoms with Crippen LogP contribution in [0.4, 0.5) is 10.5 Å². The van der Waals surface area contributed by atoms with Gasteiger partial charge in [-0.3, -0.25) is 9.69 Å². The van der Waals surface area contributed by atoms with Crippen LogP contribution in [0.2, 0.25) is 0 Å². The number of halogens is 1. The second kappa shape index (κ2) is 4.37. The SMILES string of the molecule is O=C1CCCN2CN(c3ccc(Br)cc3)C(=O)N12. The fourth-order valence-corrected chi connectivity index (χ4v) is 2.55. The van der Waals surface area contributed by atoms with Crippen LogP contribution >= 0.6 is 15.9 Å². The highest BCUT2D eigenvalue weighted by atomic mass is 79.9. The predicted octanol–water partition coefficient (Wildman–Crippen LogP) is 2.19. The van der Waals surface area contributed by atoms with Crippen molar-refractivity contribution >= 4 is 33.6 Å². The lowest BCUT2D eigenvalue weighted by Gasteiger charge is -2.28. The lowest BCUT2D eigenvalue weighted by Crippen LogP contribution is -2.47. The molecular weight excluding hydrogens is 298 g/mol. The molecular formula is C12H12BrN3O2. The fourth-order valence-electron chi connectivity index (χ4n) is 2.29. The summed E-state index contributed by atoms with van der Waals surface area (Å²) < 4.78 is 0.965. The first-order chi connectivity index (χ1) is 8.66. The smallest absolute Gasteiger partial charge is 0.278 e. The van der Waals surface area contributed by atoms with Crippen molar-refractivity contribution in [3.8, 4) is 0 Å².